The number of hydrogen-bond acceptors (Lipinski definition) is 6. The molecule has 23 heavy (non-hydrogen) atoms. The Labute approximate surface area is 140 Å². The molecule has 1 amide bonds. The number of rotatable bonds is 2. The zero-order valence-electron chi connectivity index (χ0n) is 12.8. The first-order valence-corrected chi connectivity index (χ1v) is 8.69. The number of nitrogens with zero attached hydrogens (tertiary/aromatic N) is 2. The first kappa shape index (κ1) is 14.3. The van der Waals surface area contributed by atoms with Crippen LogP contribution in [0, 0.1) is 20.8 Å². The molecule has 0 spiro atoms. The van der Waals surface area contributed by atoms with Crippen molar-refractivity contribution in [3.8, 4) is 0 Å². The predicted molar refractivity (Wildman–Crippen MR) is 93.7 cm³/mol. The fraction of sp³-hybridized carbons (Fsp3) is 0.188. The third kappa shape index (κ3) is 2.42. The third-order valence-corrected chi connectivity index (χ3v) is 5.46. The van der Waals surface area contributed by atoms with Crippen LogP contribution in [-0.2, 0) is 0 Å². The van der Waals surface area contributed by atoms with E-state index in [4.69, 9.17) is 4.42 Å². The van der Waals surface area contributed by atoms with Gasteiger partial charge in [-0.25, -0.2) is 9.97 Å². The van der Waals surface area contributed by atoms with Crippen LogP contribution in [0.5, 0.6) is 0 Å². The molecule has 4 aromatic rings. The summed E-state index contributed by atoms with van der Waals surface area (Å²) in [5.74, 6) is 1.12. The number of carbonyl (C=O) groups is 1. The van der Waals surface area contributed by atoms with Crippen LogP contribution in [0.3, 0.4) is 0 Å². The highest BCUT2D eigenvalue weighted by Gasteiger charge is 2.16. The van der Waals surface area contributed by atoms with Crippen LogP contribution in [0.4, 0.5) is 5.13 Å². The van der Waals surface area contributed by atoms with Crippen molar-refractivity contribution in [1.82, 2.24) is 9.97 Å². The van der Waals surface area contributed by atoms with Gasteiger partial charge in [-0.1, -0.05) is 11.3 Å². The van der Waals surface area contributed by atoms with Gasteiger partial charge >= 0.3 is 0 Å². The second-order valence-corrected chi connectivity index (χ2v) is 7.53. The van der Waals surface area contributed by atoms with Gasteiger partial charge in [0, 0.05) is 0 Å². The van der Waals surface area contributed by atoms with Crippen molar-refractivity contribution in [2.24, 2.45) is 0 Å². The topological polar surface area (TPSA) is 68.0 Å². The maximum atomic E-state index is 12.4. The number of nitrogens with one attached hydrogen (secondary N) is 1. The van der Waals surface area contributed by atoms with Crippen molar-refractivity contribution in [2.45, 2.75) is 20.8 Å². The molecule has 0 radical (unpaired) electrons. The predicted octanol–water partition coefficient (Wildman–Crippen LogP) is 4.68. The van der Waals surface area contributed by atoms with Crippen LogP contribution in [-0.4, -0.2) is 15.9 Å². The van der Waals surface area contributed by atoms with Crippen LogP contribution in [0.25, 0.3) is 20.4 Å². The summed E-state index contributed by atoms with van der Waals surface area (Å²) in [4.78, 5) is 21.4. The average Bonchev–Trinajstić information content (AvgIpc) is 3.14. The van der Waals surface area contributed by atoms with Crippen molar-refractivity contribution in [1.29, 1.82) is 0 Å². The molecule has 5 nitrogen and oxygen atoms in total. The molecule has 1 N–H and O–H groups in total. The molecule has 1 aromatic carbocycles. The first-order valence-electron chi connectivity index (χ1n) is 7.06. The fourth-order valence-corrected chi connectivity index (χ4v) is 4.41. The molecule has 3 aromatic heterocycles. The van der Waals surface area contributed by atoms with E-state index >= 15 is 0 Å². The first-order chi connectivity index (χ1) is 11.0. The van der Waals surface area contributed by atoms with Crippen molar-refractivity contribution in [3.05, 3.63) is 40.3 Å². The highest BCUT2D eigenvalue weighted by atomic mass is 32.1. The number of benzene rings is 1. The van der Waals surface area contributed by atoms with E-state index in [1.165, 1.54) is 11.3 Å². The zero-order chi connectivity index (χ0) is 16.1. The summed E-state index contributed by atoms with van der Waals surface area (Å²) in [5, 5.41) is 4.45. The van der Waals surface area contributed by atoms with E-state index in [-0.39, 0.29) is 5.91 Å². The molecule has 0 saturated carbocycles. The number of hydrogen-bond donors (Lipinski definition) is 1. The minimum Gasteiger partial charge on any atom is -0.466 e. The van der Waals surface area contributed by atoms with Gasteiger partial charge in [0.05, 0.1) is 25.5 Å². The molecule has 116 valence electrons. The molecule has 0 aliphatic heterocycles. The smallest absolute Gasteiger partial charge is 0.260 e. The van der Waals surface area contributed by atoms with Crippen LogP contribution >= 0.6 is 22.7 Å². The number of furan rings is 1. The summed E-state index contributed by atoms with van der Waals surface area (Å²) >= 11 is 3.11. The quantitative estimate of drug-likeness (QED) is 0.574. The molecule has 4 rings (SSSR count). The molecule has 0 bridgehead atoms. The molecule has 0 aliphatic rings. The van der Waals surface area contributed by atoms with E-state index in [1.54, 1.807) is 24.3 Å². The Morgan fingerprint density at radius 1 is 1.17 bits per heavy atom. The van der Waals surface area contributed by atoms with Gasteiger partial charge < -0.3 is 4.42 Å². The number of fused-ring (bicyclic) bond motifs is 3. The third-order valence-electron chi connectivity index (χ3n) is 3.53. The van der Waals surface area contributed by atoms with Crippen LogP contribution < -0.4 is 5.32 Å². The summed E-state index contributed by atoms with van der Waals surface area (Å²) in [5.41, 5.74) is 2.35. The largest absolute Gasteiger partial charge is 0.466 e. The van der Waals surface area contributed by atoms with Gasteiger partial charge in [-0.3, -0.25) is 10.1 Å². The molecule has 0 fully saturated rings. The molecule has 7 heteroatoms. The van der Waals surface area contributed by atoms with Crippen LogP contribution in [0.1, 0.15) is 26.9 Å². The van der Waals surface area contributed by atoms with Crippen molar-refractivity contribution in [2.75, 3.05) is 5.32 Å². The van der Waals surface area contributed by atoms with Gasteiger partial charge in [-0.2, -0.15) is 0 Å². The molecule has 3 heterocycles. The normalized spacial score (nSPS) is 11.4. The second kappa shape index (κ2) is 5.14. The number of thiazole rings is 2. The lowest BCUT2D eigenvalue weighted by Gasteiger charge is -1.98. The Bertz CT molecular complexity index is 1060. The van der Waals surface area contributed by atoms with Gasteiger partial charge in [0.15, 0.2) is 5.13 Å². The standard InChI is InChI=1S/C16H13N3O2S2/c1-7-6-10(8(2)21-7)15(20)19-16-18-11-4-5-12-13(14(11)23-16)17-9(3)22-12/h4-6H,1-3H3,(H,18,19,20). The fourth-order valence-electron chi connectivity index (χ4n) is 2.56. The Morgan fingerprint density at radius 2 is 2.00 bits per heavy atom. The maximum Gasteiger partial charge on any atom is 0.260 e. The summed E-state index contributed by atoms with van der Waals surface area (Å²) < 4.78 is 7.55. The SMILES string of the molecule is Cc1cc(C(=O)Nc2nc3ccc4sc(C)nc4c3s2)c(C)o1. The van der Waals surface area contributed by atoms with Crippen molar-refractivity contribution >= 4 is 54.1 Å². The molecule has 0 saturated heterocycles. The minimum atomic E-state index is -0.205. The highest BCUT2D eigenvalue weighted by molar-refractivity contribution is 7.24. The van der Waals surface area contributed by atoms with E-state index in [9.17, 15) is 4.79 Å². The van der Waals surface area contributed by atoms with Crippen molar-refractivity contribution < 1.29 is 9.21 Å². The summed E-state index contributed by atoms with van der Waals surface area (Å²) in [6.45, 7) is 5.59. The molecule has 0 aliphatic carbocycles. The lowest BCUT2D eigenvalue weighted by molar-refractivity contribution is 0.102. The average molecular weight is 343 g/mol. The Hall–Kier alpha value is -2.25. The number of aryl methyl sites for hydroxylation is 3. The summed E-state index contributed by atoms with van der Waals surface area (Å²) in [6, 6.07) is 5.73. The van der Waals surface area contributed by atoms with Crippen LogP contribution in [0.15, 0.2) is 22.6 Å². The maximum absolute atomic E-state index is 12.4. The van der Waals surface area contributed by atoms with Crippen LogP contribution in [0.2, 0.25) is 0 Å². The Kier molecular flexibility index (Phi) is 3.21. The van der Waals surface area contributed by atoms with E-state index < -0.39 is 0 Å². The number of amides is 1. The Morgan fingerprint density at radius 3 is 2.74 bits per heavy atom. The van der Waals surface area contributed by atoms with Crippen molar-refractivity contribution in [3.63, 3.8) is 0 Å². The van der Waals surface area contributed by atoms with Gasteiger partial charge in [0.1, 0.15) is 17.0 Å². The minimum absolute atomic E-state index is 0.205. The lowest BCUT2D eigenvalue weighted by Crippen LogP contribution is -2.11. The lowest BCUT2D eigenvalue weighted by atomic mass is 10.2. The summed E-state index contributed by atoms with van der Waals surface area (Å²) in [6.07, 6.45) is 0. The van der Waals surface area contributed by atoms with Gasteiger partial charge in [-0.15, -0.1) is 11.3 Å². The zero-order valence-corrected chi connectivity index (χ0v) is 14.4. The van der Waals surface area contributed by atoms with E-state index in [1.807, 2.05) is 26.0 Å². The molecular weight excluding hydrogens is 330 g/mol. The number of carbonyl (C=O) groups excluding carboxylic acids is 1. The van der Waals surface area contributed by atoms with Gasteiger partial charge in [0.25, 0.3) is 5.91 Å². The monoisotopic (exact) mass is 343 g/mol. The number of aromatic nitrogens is 2. The molecular formula is C16H13N3O2S2. The molecule has 0 unspecified atom stereocenters. The summed E-state index contributed by atoms with van der Waals surface area (Å²) in [7, 11) is 0. The highest BCUT2D eigenvalue weighted by Crippen LogP contribution is 2.34. The number of anilines is 1. The molecule has 0 atom stereocenters. The van der Waals surface area contributed by atoms with E-state index in [2.05, 4.69) is 15.3 Å². The van der Waals surface area contributed by atoms with Gasteiger partial charge in [0.2, 0.25) is 0 Å². The van der Waals surface area contributed by atoms with E-state index in [0.717, 1.165) is 31.2 Å². The Balaban J connectivity index is 1.73. The van der Waals surface area contributed by atoms with Gasteiger partial charge in [-0.05, 0) is 39.0 Å². The van der Waals surface area contributed by atoms with E-state index in [0.29, 0.717) is 16.5 Å². The second-order valence-electron chi connectivity index (χ2n) is 5.29.